The molecule has 0 radical (unpaired) electrons. The number of carbonyl (C=O) groups excluding carboxylic acids is 5. The fraction of sp³-hybridized carbons (Fsp3) is 0.841. The van der Waals surface area contributed by atoms with Gasteiger partial charge >= 0.3 is 6.03 Å². The predicted octanol–water partition coefficient (Wildman–Crippen LogP) is 6.27. The van der Waals surface area contributed by atoms with Crippen molar-refractivity contribution in [3.8, 4) is 0 Å². The summed E-state index contributed by atoms with van der Waals surface area (Å²) in [5.41, 5.74) is -2.84. The zero-order valence-electron chi connectivity index (χ0n) is 36.0. The van der Waals surface area contributed by atoms with Crippen LogP contribution in [0.3, 0.4) is 0 Å². The molecule has 5 rings (SSSR count). The molecule has 5 amide bonds. The number of hydrogen-bond donors (Lipinski definition) is 4. The van der Waals surface area contributed by atoms with Crippen molar-refractivity contribution >= 4 is 39.4 Å². The van der Waals surface area contributed by atoms with Gasteiger partial charge in [-0.05, 0) is 88.9 Å². The van der Waals surface area contributed by atoms with Crippen molar-refractivity contribution in [2.75, 3.05) is 18.8 Å². The Hall–Kier alpha value is -2.96. The van der Waals surface area contributed by atoms with Crippen LogP contribution in [0.15, 0.2) is 12.2 Å². The van der Waals surface area contributed by atoms with Crippen LogP contribution in [-0.4, -0.2) is 89.6 Å². The molecule has 322 valence electrons. The molecule has 0 aromatic carbocycles. The lowest BCUT2D eigenvalue weighted by Gasteiger charge is -2.51. The summed E-state index contributed by atoms with van der Waals surface area (Å²) in [5, 5.41) is 11.8. The van der Waals surface area contributed by atoms with Crippen LogP contribution in [0.2, 0.25) is 0 Å². The van der Waals surface area contributed by atoms with Crippen molar-refractivity contribution < 1.29 is 32.4 Å². The summed E-state index contributed by atoms with van der Waals surface area (Å²) in [7, 11) is -3.58. The number of piperidine rings is 1. The molecule has 57 heavy (non-hydrogen) atoms. The molecule has 6 atom stereocenters. The molecule has 5 aliphatic rings. The number of sulfone groups is 1. The molecule has 1 spiro atoms. The Morgan fingerprint density at radius 1 is 0.895 bits per heavy atom. The van der Waals surface area contributed by atoms with Crippen molar-refractivity contribution in [1.82, 2.24) is 26.2 Å². The van der Waals surface area contributed by atoms with Crippen molar-refractivity contribution in [3.63, 3.8) is 0 Å². The molecule has 4 N–H and O–H groups in total. The van der Waals surface area contributed by atoms with E-state index in [1.807, 2.05) is 26.0 Å². The first kappa shape index (κ1) is 45.1. The molecule has 3 saturated carbocycles. The van der Waals surface area contributed by atoms with Gasteiger partial charge in [-0.3, -0.25) is 19.2 Å². The first-order valence-corrected chi connectivity index (χ1v) is 23.9. The van der Waals surface area contributed by atoms with Gasteiger partial charge in [0.25, 0.3) is 5.91 Å². The van der Waals surface area contributed by atoms with Gasteiger partial charge in [0.2, 0.25) is 17.6 Å². The van der Waals surface area contributed by atoms with E-state index in [-0.39, 0.29) is 28.9 Å². The maximum absolute atomic E-state index is 15.0. The Bertz CT molecular complexity index is 1650. The number of urea groups is 1. The maximum atomic E-state index is 15.0. The van der Waals surface area contributed by atoms with E-state index in [0.29, 0.717) is 64.5 Å². The number of amides is 5. The second kappa shape index (κ2) is 17.7. The molecular weight excluding hydrogens is 743 g/mol. The predicted molar refractivity (Wildman–Crippen MR) is 223 cm³/mol. The average Bonchev–Trinajstić information content (AvgIpc) is 3.83. The van der Waals surface area contributed by atoms with E-state index in [2.05, 4.69) is 42.0 Å². The van der Waals surface area contributed by atoms with E-state index < -0.39 is 66.8 Å². The van der Waals surface area contributed by atoms with Crippen LogP contribution in [0.1, 0.15) is 164 Å². The molecular formula is C44H73N5O7S. The van der Waals surface area contributed by atoms with E-state index in [9.17, 15) is 27.6 Å². The van der Waals surface area contributed by atoms with Crippen molar-refractivity contribution in [2.24, 2.45) is 22.7 Å². The molecule has 1 saturated heterocycles. The van der Waals surface area contributed by atoms with Gasteiger partial charge in [-0.1, -0.05) is 105 Å². The molecule has 4 fully saturated rings. The maximum Gasteiger partial charge on any atom is 0.315 e. The second-order valence-corrected chi connectivity index (χ2v) is 22.1. The van der Waals surface area contributed by atoms with Gasteiger partial charge < -0.3 is 26.2 Å². The lowest BCUT2D eigenvalue weighted by atomic mass is 9.52. The summed E-state index contributed by atoms with van der Waals surface area (Å²) >= 11 is 0. The number of unbranched alkanes of at least 4 members (excludes halogenated alkanes) is 5. The highest BCUT2D eigenvalue weighted by Gasteiger charge is 2.90. The lowest BCUT2D eigenvalue weighted by Crippen LogP contribution is -2.63. The van der Waals surface area contributed by atoms with Crippen LogP contribution in [0.4, 0.5) is 4.79 Å². The first-order valence-electron chi connectivity index (χ1n) is 22.3. The molecule has 0 bridgehead atoms. The summed E-state index contributed by atoms with van der Waals surface area (Å²) in [5.74, 6) is -2.11. The van der Waals surface area contributed by atoms with Crippen molar-refractivity contribution in [3.05, 3.63) is 12.2 Å². The topological polar surface area (TPSA) is 171 Å². The van der Waals surface area contributed by atoms with Gasteiger partial charge in [0, 0.05) is 18.5 Å². The number of carbonyl (C=O) groups is 5. The molecule has 1 aliphatic heterocycles. The fourth-order valence-electron chi connectivity index (χ4n) is 10.8. The van der Waals surface area contributed by atoms with Crippen molar-refractivity contribution in [2.45, 2.75) is 192 Å². The minimum absolute atomic E-state index is 0.0676. The number of ketones is 1. The first-order chi connectivity index (χ1) is 26.9. The number of rotatable bonds is 22. The van der Waals surface area contributed by atoms with Gasteiger partial charge in [-0.2, -0.15) is 0 Å². The monoisotopic (exact) mass is 816 g/mol. The summed E-state index contributed by atoms with van der Waals surface area (Å²) in [6.07, 6.45) is 17.5. The smallest absolute Gasteiger partial charge is 0.315 e. The quantitative estimate of drug-likeness (QED) is 0.0567. The molecule has 4 aliphatic carbocycles. The number of allylic oxidation sites excluding steroid dienone is 2. The fourth-order valence-corrected chi connectivity index (χ4v) is 12.7. The summed E-state index contributed by atoms with van der Waals surface area (Å²) < 4.78 is 26.5. The van der Waals surface area contributed by atoms with Gasteiger partial charge in [-0.15, -0.1) is 0 Å². The molecule has 0 aromatic heterocycles. The summed E-state index contributed by atoms with van der Waals surface area (Å²) in [6, 6.07) is -2.52. The molecule has 4 unspecified atom stereocenters. The zero-order chi connectivity index (χ0) is 41.9. The van der Waals surface area contributed by atoms with E-state index in [4.69, 9.17) is 0 Å². The number of nitrogens with one attached hydrogen (secondary N) is 4. The van der Waals surface area contributed by atoms with Crippen LogP contribution in [0.5, 0.6) is 0 Å². The third-order valence-electron chi connectivity index (χ3n) is 14.9. The Morgan fingerprint density at radius 2 is 1.56 bits per heavy atom. The minimum Gasteiger partial charge on any atom is -0.349 e. The molecule has 0 aromatic rings. The second-order valence-electron chi connectivity index (χ2n) is 19.5. The van der Waals surface area contributed by atoms with Crippen LogP contribution in [0, 0.1) is 22.7 Å². The van der Waals surface area contributed by atoms with Gasteiger partial charge in [-0.25, -0.2) is 13.2 Å². The third-order valence-corrected chi connectivity index (χ3v) is 17.8. The van der Waals surface area contributed by atoms with Gasteiger partial charge in [0.1, 0.15) is 11.6 Å². The van der Waals surface area contributed by atoms with Crippen molar-refractivity contribution in [1.29, 1.82) is 0 Å². The van der Waals surface area contributed by atoms with Crippen LogP contribution in [0.25, 0.3) is 0 Å². The SMILES string of the molecule is CCCCCCCC[C@H](NC(=O)NC1(CS(=O)(=O)C(C)(C)CC)CCCCC1)C(=O)N1C[C@H]2CC(C)(C)C23CC13C(=O)NC(CC1C=CC1)C(=O)C(=O)NCCC. The highest BCUT2D eigenvalue weighted by atomic mass is 32.2. The van der Waals surface area contributed by atoms with Crippen LogP contribution >= 0.6 is 0 Å². The van der Waals surface area contributed by atoms with Crippen LogP contribution in [-0.2, 0) is 29.0 Å². The molecule has 1 heterocycles. The summed E-state index contributed by atoms with van der Waals surface area (Å²) in [4.78, 5) is 72.2. The average molecular weight is 816 g/mol. The molecule has 12 nitrogen and oxygen atoms in total. The number of nitrogens with zero attached hydrogens (tertiary/aromatic N) is 1. The zero-order valence-corrected chi connectivity index (χ0v) is 36.8. The third kappa shape index (κ3) is 8.84. The number of likely N-dealkylation sites (tertiary alicyclic amines) is 1. The Labute approximate surface area is 342 Å². The van der Waals surface area contributed by atoms with E-state index in [1.54, 1.807) is 18.7 Å². The lowest BCUT2D eigenvalue weighted by molar-refractivity contribution is -0.145. The Kier molecular flexibility index (Phi) is 14.0. The van der Waals surface area contributed by atoms with Gasteiger partial charge in [0.15, 0.2) is 9.84 Å². The summed E-state index contributed by atoms with van der Waals surface area (Å²) in [6.45, 7) is 14.4. The molecule has 13 heteroatoms. The van der Waals surface area contributed by atoms with E-state index >= 15 is 4.79 Å². The highest BCUT2D eigenvalue weighted by molar-refractivity contribution is 7.92. The standard InChI is InChI=1S/C44H73N5O7S/c1-8-11-12-13-14-16-22-33(47-39(54)48-42(23-17-15-18-24-42)30-57(55,56)41(6,7)10-3)37(52)49-28-32-27-40(4,5)43(32)29-44(43,49)38(53)46-34(26-31-20-19-21-31)35(50)36(51)45-25-9-2/h19-20,31-34H,8-18,21-30H2,1-7H3,(H,45,51)(H,46,53)(H2,47,48,54)/t31?,32-,33+,34?,43?,44?/m1/s1. The van der Waals surface area contributed by atoms with E-state index in [1.165, 1.54) is 0 Å². The largest absolute Gasteiger partial charge is 0.349 e. The Balaban J connectivity index is 1.40. The minimum atomic E-state index is -3.58. The van der Waals surface area contributed by atoms with Gasteiger partial charge in [0.05, 0.1) is 22.1 Å². The highest BCUT2D eigenvalue weighted by Crippen LogP contribution is 2.84. The van der Waals surface area contributed by atoms with Crippen LogP contribution < -0.4 is 21.3 Å². The van der Waals surface area contributed by atoms with E-state index in [0.717, 1.165) is 64.2 Å². The normalized spacial score (nSPS) is 27.7. The number of Topliss-reactive ketones (excluding diaryl/α,β-unsaturated/α-hetero) is 1. The Morgan fingerprint density at radius 3 is 2.14 bits per heavy atom. The number of hydrogen-bond acceptors (Lipinski definition) is 7.